The van der Waals surface area contributed by atoms with E-state index in [4.69, 9.17) is 9.47 Å². The SMILES string of the molecule is CCOc1nn(CC)cc1S(=O)(=O)N1CC(C)Oc2ccc(Br)cc21. The van der Waals surface area contributed by atoms with E-state index < -0.39 is 10.0 Å². The van der Waals surface area contributed by atoms with Crippen LogP contribution in [0, 0.1) is 0 Å². The van der Waals surface area contributed by atoms with Crippen molar-refractivity contribution in [3.8, 4) is 11.6 Å². The summed E-state index contributed by atoms with van der Waals surface area (Å²) in [5.74, 6) is 0.659. The summed E-state index contributed by atoms with van der Waals surface area (Å²) in [7, 11) is -3.84. The van der Waals surface area contributed by atoms with Gasteiger partial charge in [-0.3, -0.25) is 8.99 Å². The summed E-state index contributed by atoms with van der Waals surface area (Å²) in [5, 5.41) is 4.22. The van der Waals surface area contributed by atoms with Gasteiger partial charge in [-0.1, -0.05) is 15.9 Å². The van der Waals surface area contributed by atoms with Crippen molar-refractivity contribution in [2.75, 3.05) is 17.5 Å². The van der Waals surface area contributed by atoms with E-state index in [-0.39, 0.29) is 23.4 Å². The molecule has 9 heteroatoms. The van der Waals surface area contributed by atoms with Crippen LogP contribution in [-0.4, -0.2) is 37.5 Å². The van der Waals surface area contributed by atoms with Gasteiger partial charge in [-0.05, 0) is 39.0 Å². The maximum absolute atomic E-state index is 13.4. The Morgan fingerprint density at radius 1 is 1.40 bits per heavy atom. The summed E-state index contributed by atoms with van der Waals surface area (Å²) in [6, 6.07) is 5.32. The van der Waals surface area contributed by atoms with Crippen LogP contribution in [0.25, 0.3) is 0 Å². The number of hydrogen-bond donors (Lipinski definition) is 0. The van der Waals surface area contributed by atoms with Crippen molar-refractivity contribution in [3.05, 3.63) is 28.9 Å². The molecule has 1 aliphatic heterocycles. The van der Waals surface area contributed by atoms with Gasteiger partial charge in [0, 0.05) is 17.2 Å². The zero-order valence-corrected chi connectivity index (χ0v) is 16.7. The maximum Gasteiger partial charge on any atom is 0.271 e. The number of ether oxygens (including phenoxy) is 2. The van der Waals surface area contributed by atoms with Gasteiger partial charge in [-0.15, -0.1) is 5.10 Å². The predicted molar refractivity (Wildman–Crippen MR) is 97.8 cm³/mol. The van der Waals surface area contributed by atoms with Gasteiger partial charge < -0.3 is 9.47 Å². The van der Waals surface area contributed by atoms with Crippen LogP contribution < -0.4 is 13.8 Å². The molecule has 0 saturated heterocycles. The number of sulfonamides is 1. The van der Waals surface area contributed by atoms with Gasteiger partial charge in [0.25, 0.3) is 15.9 Å². The molecular formula is C16H20BrN3O4S. The minimum absolute atomic E-state index is 0.0659. The van der Waals surface area contributed by atoms with Crippen LogP contribution in [0.4, 0.5) is 5.69 Å². The first-order chi connectivity index (χ1) is 11.9. The average Bonchev–Trinajstić information content (AvgIpc) is 2.99. The van der Waals surface area contributed by atoms with Crippen molar-refractivity contribution >= 4 is 31.6 Å². The largest absolute Gasteiger partial charge is 0.487 e. The van der Waals surface area contributed by atoms with Crippen LogP contribution in [0.2, 0.25) is 0 Å². The van der Waals surface area contributed by atoms with E-state index in [2.05, 4.69) is 21.0 Å². The summed E-state index contributed by atoms with van der Waals surface area (Å²) >= 11 is 3.39. The van der Waals surface area contributed by atoms with E-state index >= 15 is 0 Å². The summed E-state index contributed by atoms with van der Waals surface area (Å²) < 4.78 is 41.6. The highest BCUT2D eigenvalue weighted by Crippen LogP contribution is 2.40. The molecule has 2 aromatic rings. The minimum atomic E-state index is -3.84. The maximum atomic E-state index is 13.4. The van der Waals surface area contributed by atoms with Crippen LogP contribution in [0.3, 0.4) is 0 Å². The number of fused-ring (bicyclic) bond motifs is 1. The quantitative estimate of drug-likeness (QED) is 0.729. The molecule has 0 amide bonds. The van der Waals surface area contributed by atoms with E-state index in [9.17, 15) is 8.42 Å². The van der Waals surface area contributed by atoms with Crippen LogP contribution in [0.1, 0.15) is 20.8 Å². The second-order valence-electron chi connectivity index (χ2n) is 5.66. The molecule has 2 heterocycles. The number of halogens is 1. The number of nitrogens with zero attached hydrogens (tertiary/aromatic N) is 3. The number of hydrogen-bond acceptors (Lipinski definition) is 5. The molecule has 0 saturated carbocycles. The first-order valence-corrected chi connectivity index (χ1v) is 10.3. The fourth-order valence-electron chi connectivity index (χ4n) is 2.68. The molecular weight excluding hydrogens is 410 g/mol. The number of anilines is 1. The van der Waals surface area contributed by atoms with Gasteiger partial charge in [0.15, 0.2) is 4.90 Å². The Morgan fingerprint density at radius 3 is 2.84 bits per heavy atom. The first-order valence-electron chi connectivity index (χ1n) is 8.06. The van der Waals surface area contributed by atoms with E-state index in [1.54, 1.807) is 23.7 Å². The Morgan fingerprint density at radius 2 is 2.16 bits per heavy atom. The molecule has 0 N–H and O–H groups in total. The zero-order chi connectivity index (χ0) is 18.2. The normalized spacial score (nSPS) is 17.1. The molecule has 7 nitrogen and oxygen atoms in total. The Kier molecular flexibility index (Phi) is 4.97. The number of rotatable bonds is 5. The molecule has 1 aromatic carbocycles. The number of aromatic nitrogens is 2. The third-order valence-electron chi connectivity index (χ3n) is 3.81. The topological polar surface area (TPSA) is 73.7 Å². The number of benzene rings is 1. The lowest BCUT2D eigenvalue weighted by Gasteiger charge is -2.34. The fourth-order valence-corrected chi connectivity index (χ4v) is 4.65. The predicted octanol–water partition coefficient (Wildman–Crippen LogP) is 3.04. The zero-order valence-electron chi connectivity index (χ0n) is 14.3. The lowest BCUT2D eigenvalue weighted by atomic mass is 10.2. The van der Waals surface area contributed by atoms with Crippen molar-refractivity contribution in [3.63, 3.8) is 0 Å². The monoisotopic (exact) mass is 429 g/mol. The highest BCUT2D eigenvalue weighted by atomic mass is 79.9. The van der Waals surface area contributed by atoms with Gasteiger partial charge >= 0.3 is 0 Å². The molecule has 25 heavy (non-hydrogen) atoms. The summed E-state index contributed by atoms with van der Waals surface area (Å²) in [5.41, 5.74) is 0.499. The minimum Gasteiger partial charge on any atom is -0.487 e. The molecule has 0 radical (unpaired) electrons. The fraction of sp³-hybridized carbons (Fsp3) is 0.438. The Bertz CT molecular complexity index is 882. The molecule has 0 aliphatic carbocycles. The molecule has 0 bridgehead atoms. The Hall–Kier alpha value is -1.74. The van der Waals surface area contributed by atoms with Gasteiger partial charge in [0.1, 0.15) is 11.9 Å². The average molecular weight is 430 g/mol. The second kappa shape index (κ2) is 6.87. The molecule has 0 fully saturated rings. The Labute approximate surface area is 155 Å². The highest BCUT2D eigenvalue weighted by molar-refractivity contribution is 9.10. The first kappa shape index (κ1) is 18.1. The van der Waals surface area contributed by atoms with Crippen molar-refractivity contribution < 1.29 is 17.9 Å². The third-order valence-corrected chi connectivity index (χ3v) is 6.07. The van der Waals surface area contributed by atoms with E-state index in [0.29, 0.717) is 24.6 Å². The lowest BCUT2D eigenvalue weighted by Crippen LogP contribution is -2.42. The van der Waals surface area contributed by atoms with Crippen LogP contribution >= 0.6 is 15.9 Å². The standard InChI is InChI=1S/C16H20BrN3O4S/c1-4-19-10-15(16(18-19)23-5-2)25(21,22)20-9-11(3)24-14-7-6-12(17)8-13(14)20/h6-8,10-11H,4-5,9H2,1-3H3. The van der Waals surface area contributed by atoms with Crippen LogP contribution in [-0.2, 0) is 16.6 Å². The molecule has 1 aromatic heterocycles. The van der Waals surface area contributed by atoms with Gasteiger partial charge in [-0.2, -0.15) is 0 Å². The van der Waals surface area contributed by atoms with E-state index in [0.717, 1.165) is 4.47 Å². The van der Waals surface area contributed by atoms with Crippen LogP contribution in [0.5, 0.6) is 11.6 Å². The van der Waals surface area contributed by atoms with Gasteiger partial charge in [-0.25, -0.2) is 8.42 Å². The van der Waals surface area contributed by atoms with Gasteiger partial charge in [0.2, 0.25) is 0 Å². The van der Waals surface area contributed by atoms with Gasteiger partial charge in [0.05, 0.1) is 18.8 Å². The summed E-state index contributed by atoms with van der Waals surface area (Å²) in [6.07, 6.45) is 1.25. The lowest BCUT2D eigenvalue weighted by molar-refractivity contribution is 0.219. The van der Waals surface area contributed by atoms with Crippen molar-refractivity contribution in [1.29, 1.82) is 0 Å². The van der Waals surface area contributed by atoms with Crippen molar-refractivity contribution in [2.24, 2.45) is 0 Å². The second-order valence-corrected chi connectivity index (χ2v) is 8.41. The number of aryl methyl sites for hydroxylation is 1. The summed E-state index contributed by atoms with van der Waals surface area (Å²) in [6.45, 7) is 6.64. The smallest absolute Gasteiger partial charge is 0.271 e. The molecule has 1 atom stereocenters. The molecule has 3 rings (SSSR count). The van der Waals surface area contributed by atoms with E-state index in [1.165, 1.54) is 10.5 Å². The summed E-state index contributed by atoms with van der Waals surface area (Å²) in [4.78, 5) is 0.0659. The van der Waals surface area contributed by atoms with Crippen molar-refractivity contribution in [2.45, 2.75) is 38.3 Å². The van der Waals surface area contributed by atoms with E-state index in [1.807, 2.05) is 19.9 Å². The molecule has 0 spiro atoms. The highest BCUT2D eigenvalue weighted by Gasteiger charge is 2.36. The third kappa shape index (κ3) is 3.35. The Balaban J connectivity index is 2.12. The van der Waals surface area contributed by atoms with Crippen molar-refractivity contribution in [1.82, 2.24) is 9.78 Å². The molecule has 1 aliphatic rings. The molecule has 136 valence electrons. The van der Waals surface area contributed by atoms with Crippen LogP contribution in [0.15, 0.2) is 33.8 Å². The molecule has 1 unspecified atom stereocenters.